The van der Waals surface area contributed by atoms with Gasteiger partial charge in [0.25, 0.3) is 11.7 Å². The van der Waals surface area contributed by atoms with Gasteiger partial charge < -0.3 is 19.5 Å². The van der Waals surface area contributed by atoms with Crippen molar-refractivity contribution in [3.05, 3.63) is 69.2 Å². The number of morpholine rings is 1. The number of halogens is 1. The number of Topliss-reactive ketones (excluding diaryl/α,β-unsaturated/α-hetero) is 1. The molecule has 2 heterocycles. The van der Waals surface area contributed by atoms with E-state index in [0.29, 0.717) is 44.2 Å². The fourth-order valence-corrected chi connectivity index (χ4v) is 4.74. The van der Waals surface area contributed by atoms with E-state index in [-0.39, 0.29) is 11.3 Å². The molecular formula is C26H29BrN2O5. The second-order valence-corrected chi connectivity index (χ2v) is 9.32. The zero-order valence-corrected chi connectivity index (χ0v) is 21.0. The second kappa shape index (κ2) is 10.7. The van der Waals surface area contributed by atoms with Crippen molar-refractivity contribution in [3.63, 3.8) is 0 Å². The summed E-state index contributed by atoms with van der Waals surface area (Å²) < 4.78 is 11.9. The number of hydrogen-bond acceptors (Lipinski definition) is 6. The van der Waals surface area contributed by atoms with Crippen LogP contribution in [0.1, 0.15) is 29.7 Å². The fourth-order valence-electron chi connectivity index (χ4n) is 4.48. The molecule has 0 unspecified atom stereocenters. The minimum absolute atomic E-state index is 0.113. The van der Waals surface area contributed by atoms with Crippen molar-refractivity contribution in [1.82, 2.24) is 9.80 Å². The molecule has 1 N–H and O–H groups in total. The Morgan fingerprint density at radius 2 is 1.82 bits per heavy atom. The van der Waals surface area contributed by atoms with Crippen molar-refractivity contribution >= 4 is 33.4 Å². The summed E-state index contributed by atoms with van der Waals surface area (Å²) in [7, 11) is 0. The van der Waals surface area contributed by atoms with Crippen LogP contribution in [0.15, 0.2) is 52.5 Å². The molecule has 2 aromatic rings. The molecular weight excluding hydrogens is 500 g/mol. The van der Waals surface area contributed by atoms with Gasteiger partial charge in [0.2, 0.25) is 0 Å². The lowest BCUT2D eigenvalue weighted by molar-refractivity contribution is -0.140. The number of likely N-dealkylation sites (tertiary alicyclic amines) is 1. The lowest BCUT2D eigenvalue weighted by Gasteiger charge is -2.31. The lowest BCUT2D eigenvalue weighted by atomic mass is 9.94. The molecule has 34 heavy (non-hydrogen) atoms. The number of carbonyl (C=O) groups excluding carboxylic acids is 2. The van der Waals surface area contributed by atoms with Gasteiger partial charge in [0.15, 0.2) is 0 Å². The van der Waals surface area contributed by atoms with E-state index in [9.17, 15) is 14.7 Å². The molecule has 1 atom stereocenters. The van der Waals surface area contributed by atoms with Crippen LogP contribution in [-0.4, -0.2) is 72.6 Å². The van der Waals surface area contributed by atoms with E-state index in [1.807, 2.05) is 44.2 Å². The molecule has 1 amide bonds. The normalized spacial score (nSPS) is 20.7. The summed E-state index contributed by atoms with van der Waals surface area (Å²) in [5.74, 6) is -0.736. The van der Waals surface area contributed by atoms with Crippen molar-refractivity contribution in [2.45, 2.75) is 19.9 Å². The number of amides is 1. The molecule has 7 nitrogen and oxygen atoms in total. The summed E-state index contributed by atoms with van der Waals surface area (Å²) in [5.41, 5.74) is 2.16. The van der Waals surface area contributed by atoms with Crippen LogP contribution in [0.4, 0.5) is 0 Å². The highest BCUT2D eigenvalue weighted by molar-refractivity contribution is 9.10. The maximum atomic E-state index is 13.2. The Bertz CT molecular complexity index is 1090. The smallest absolute Gasteiger partial charge is 0.295 e. The first-order valence-corrected chi connectivity index (χ1v) is 12.3. The van der Waals surface area contributed by atoms with E-state index in [1.54, 1.807) is 17.0 Å². The van der Waals surface area contributed by atoms with Gasteiger partial charge in [0.1, 0.15) is 11.5 Å². The first kappa shape index (κ1) is 24.4. The highest BCUT2D eigenvalue weighted by atomic mass is 79.9. The molecule has 2 fully saturated rings. The number of aliphatic hydroxyl groups is 1. The molecule has 0 saturated carbocycles. The Morgan fingerprint density at radius 3 is 2.47 bits per heavy atom. The van der Waals surface area contributed by atoms with E-state index in [2.05, 4.69) is 20.8 Å². The van der Waals surface area contributed by atoms with Gasteiger partial charge in [0, 0.05) is 36.2 Å². The summed E-state index contributed by atoms with van der Waals surface area (Å²) in [5, 5.41) is 11.3. The van der Waals surface area contributed by atoms with Crippen LogP contribution in [0, 0.1) is 6.92 Å². The van der Waals surface area contributed by atoms with Gasteiger partial charge in [0.05, 0.1) is 31.4 Å². The largest absolute Gasteiger partial charge is 0.507 e. The summed E-state index contributed by atoms with van der Waals surface area (Å²) in [6, 6.07) is 12.1. The molecule has 0 aromatic heterocycles. The van der Waals surface area contributed by atoms with Crippen molar-refractivity contribution < 1.29 is 24.2 Å². The van der Waals surface area contributed by atoms with Gasteiger partial charge in [-0.3, -0.25) is 14.5 Å². The van der Waals surface area contributed by atoms with Gasteiger partial charge in [-0.15, -0.1) is 0 Å². The van der Waals surface area contributed by atoms with Crippen molar-refractivity contribution in [1.29, 1.82) is 0 Å². The van der Waals surface area contributed by atoms with Gasteiger partial charge in [-0.05, 0) is 55.3 Å². The van der Waals surface area contributed by atoms with Crippen LogP contribution in [0.5, 0.6) is 5.75 Å². The number of ether oxygens (including phenoxy) is 2. The number of hydrogen-bond donors (Lipinski definition) is 1. The third-order valence-corrected chi connectivity index (χ3v) is 6.78. The molecule has 0 bridgehead atoms. The fraction of sp³-hybridized carbons (Fsp3) is 0.385. The summed E-state index contributed by atoms with van der Waals surface area (Å²) in [6.07, 6.45) is 0. The number of nitrogens with zero attached hydrogens (tertiary/aromatic N) is 2. The molecule has 0 radical (unpaired) electrons. The Labute approximate surface area is 208 Å². The van der Waals surface area contributed by atoms with Gasteiger partial charge in [-0.2, -0.15) is 0 Å². The highest BCUT2D eigenvalue weighted by Gasteiger charge is 2.46. The quantitative estimate of drug-likeness (QED) is 0.333. The Balaban J connectivity index is 1.74. The molecule has 180 valence electrons. The molecule has 2 aliphatic heterocycles. The van der Waals surface area contributed by atoms with Crippen molar-refractivity contribution in [2.75, 3.05) is 46.0 Å². The van der Waals surface area contributed by atoms with Gasteiger partial charge in [-0.1, -0.05) is 28.1 Å². The maximum Gasteiger partial charge on any atom is 0.295 e. The Hall–Kier alpha value is -2.68. The maximum absolute atomic E-state index is 13.2. The van der Waals surface area contributed by atoms with Crippen molar-refractivity contribution in [2.24, 2.45) is 0 Å². The highest BCUT2D eigenvalue weighted by Crippen LogP contribution is 2.40. The summed E-state index contributed by atoms with van der Waals surface area (Å²) >= 11 is 3.45. The third-order valence-electron chi connectivity index (χ3n) is 6.25. The van der Waals surface area contributed by atoms with E-state index < -0.39 is 17.7 Å². The first-order valence-electron chi connectivity index (χ1n) is 11.5. The SMILES string of the molecule is CCOc1ccc(C(O)=C2C(=O)C(=O)N(CCN3CCOCC3)[C@@H]2c2ccc(Br)cc2)c(C)c1. The number of rotatable bonds is 7. The predicted octanol–water partition coefficient (Wildman–Crippen LogP) is 3.91. The Kier molecular flexibility index (Phi) is 7.70. The minimum atomic E-state index is -0.667. The van der Waals surface area contributed by atoms with Crippen LogP contribution in [0.2, 0.25) is 0 Å². The number of aryl methyl sites for hydroxylation is 1. The molecule has 0 spiro atoms. The standard InChI is InChI=1S/C26H29BrN2O5/c1-3-34-20-8-9-21(17(2)16-20)24(30)22-23(18-4-6-19(27)7-5-18)29(26(32)25(22)31)11-10-28-12-14-33-15-13-28/h4-9,16,23,30H,3,10-15H2,1-2H3/t23-/m1/s1. The minimum Gasteiger partial charge on any atom is -0.507 e. The average Bonchev–Trinajstić information content (AvgIpc) is 3.08. The predicted molar refractivity (Wildman–Crippen MR) is 133 cm³/mol. The van der Waals surface area contributed by atoms with Gasteiger partial charge in [-0.25, -0.2) is 0 Å². The number of ketones is 1. The van der Waals surface area contributed by atoms with E-state index in [1.165, 1.54) is 0 Å². The molecule has 2 saturated heterocycles. The van der Waals surface area contributed by atoms with Crippen LogP contribution >= 0.6 is 15.9 Å². The van der Waals surface area contributed by atoms with Crippen LogP contribution in [0.25, 0.3) is 5.76 Å². The first-order chi connectivity index (χ1) is 16.4. The van der Waals surface area contributed by atoms with E-state index in [4.69, 9.17) is 9.47 Å². The molecule has 2 aromatic carbocycles. The van der Waals surface area contributed by atoms with Crippen LogP contribution in [-0.2, 0) is 14.3 Å². The van der Waals surface area contributed by atoms with E-state index >= 15 is 0 Å². The molecule has 0 aliphatic carbocycles. The van der Waals surface area contributed by atoms with E-state index in [0.717, 1.165) is 28.7 Å². The molecule has 2 aliphatic rings. The third kappa shape index (κ3) is 5.04. The van der Waals surface area contributed by atoms with Crippen molar-refractivity contribution in [3.8, 4) is 5.75 Å². The van der Waals surface area contributed by atoms with Crippen LogP contribution in [0.3, 0.4) is 0 Å². The topological polar surface area (TPSA) is 79.3 Å². The number of benzene rings is 2. The monoisotopic (exact) mass is 528 g/mol. The zero-order valence-electron chi connectivity index (χ0n) is 19.4. The molecule has 8 heteroatoms. The molecule has 4 rings (SSSR count). The van der Waals surface area contributed by atoms with Crippen LogP contribution < -0.4 is 4.74 Å². The zero-order chi connectivity index (χ0) is 24.2. The lowest BCUT2D eigenvalue weighted by Crippen LogP contribution is -2.42. The van der Waals surface area contributed by atoms with Gasteiger partial charge >= 0.3 is 0 Å². The Morgan fingerprint density at radius 1 is 1.12 bits per heavy atom. The summed E-state index contributed by atoms with van der Waals surface area (Å²) in [4.78, 5) is 30.2. The average molecular weight is 529 g/mol. The second-order valence-electron chi connectivity index (χ2n) is 8.41. The number of aliphatic hydroxyl groups excluding tert-OH is 1. The summed E-state index contributed by atoms with van der Waals surface area (Å²) in [6.45, 7) is 8.19. The number of carbonyl (C=O) groups is 2.